The van der Waals surface area contributed by atoms with E-state index < -0.39 is 0 Å². The maximum Gasteiger partial charge on any atom is 0.163 e. The predicted molar refractivity (Wildman–Crippen MR) is 45.8 cm³/mol. The number of hydrogen-bond donors (Lipinski definition) is 1. The maximum atomic E-state index is 11.2. The number of hydrogen-bond acceptors (Lipinski definition) is 2. The maximum absolute atomic E-state index is 11.2. The van der Waals surface area contributed by atoms with Crippen molar-refractivity contribution in [1.29, 1.82) is 0 Å². The van der Waals surface area contributed by atoms with Crippen LogP contribution in [0.4, 0.5) is 0 Å². The summed E-state index contributed by atoms with van der Waals surface area (Å²) in [6.07, 6.45) is 1.28. The van der Waals surface area contributed by atoms with Crippen LogP contribution in [0.5, 0.6) is 5.75 Å². The van der Waals surface area contributed by atoms with Crippen molar-refractivity contribution in [3.63, 3.8) is 0 Å². The van der Waals surface area contributed by atoms with Gasteiger partial charge in [-0.2, -0.15) is 0 Å². The standard InChI is InChI=1S/C9H7ClO2/c10-7-3-5-1-2-8(11)6(5)4-9(7)12/h3-4,12H,1-2H2. The van der Waals surface area contributed by atoms with Crippen molar-refractivity contribution in [3.8, 4) is 5.75 Å². The summed E-state index contributed by atoms with van der Waals surface area (Å²) >= 11 is 5.68. The van der Waals surface area contributed by atoms with Crippen molar-refractivity contribution in [2.24, 2.45) is 0 Å². The van der Waals surface area contributed by atoms with Crippen LogP contribution < -0.4 is 0 Å². The van der Waals surface area contributed by atoms with E-state index in [0.717, 1.165) is 12.0 Å². The van der Waals surface area contributed by atoms with E-state index in [4.69, 9.17) is 11.6 Å². The summed E-state index contributed by atoms with van der Waals surface area (Å²) in [7, 11) is 0. The summed E-state index contributed by atoms with van der Waals surface area (Å²) in [6, 6.07) is 3.12. The summed E-state index contributed by atoms with van der Waals surface area (Å²) in [5.41, 5.74) is 1.57. The predicted octanol–water partition coefficient (Wildman–Crippen LogP) is 2.17. The van der Waals surface area contributed by atoms with Gasteiger partial charge in [-0.25, -0.2) is 0 Å². The second-order valence-corrected chi connectivity index (χ2v) is 3.29. The van der Waals surface area contributed by atoms with Gasteiger partial charge in [0.15, 0.2) is 5.78 Å². The molecule has 0 saturated carbocycles. The van der Waals surface area contributed by atoms with Gasteiger partial charge in [0.25, 0.3) is 0 Å². The molecule has 0 bridgehead atoms. The fourth-order valence-electron chi connectivity index (χ4n) is 1.45. The average molecular weight is 183 g/mol. The zero-order chi connectivity index (χ0) is 8.72. The minimum Gasteiger partial charge on any atom is -0.506 e. The van der Waals surface area contributed by atoms with E-state index in [1.165, 1.54) is 6.07 Å². The SMILES string of the molecule is O=C1CCc2cc(Cl)c(O)cc21. The van der Waals surface area contributed by atoms with Crippen LogP contribution in [-0.2, 0) is 6.42 Å². The Morgan fingerprint density at radius 3 is 2.83 bits per heavy atom. The Morgan fingerprint density at radius 1 is 1.33 bits per heavy atom. The first-order valence-electron chi connectivity index (χ1n) is 3.73. The van der Waals surface area contributed by atoms with Crippen molar-refractivity contribution in [3.05, 3.63) is 28.3 Å². The van der Waals surface area contributed by atoms with Gasteiger partial charge in [-0.1, -0.05) is 11.6 Å². The summed E-state index contributed by atoms with van der Waals surface area (Å²) in [5.74, 6) is 0.0858. The number of aryl methyl sites for hydroxylation is 1. The molecule has 0 amide bonds. The minimum absolute atomic E-state index is 0.00864. The Bertz CT molecular complexity index is 358. The second-order valence-electron chi connectivity index (χ2n) is 2.88. The van der Waals surface area contributed by atoms with E-state index in [1.807, 2.05) is 0 Å². The molecule has 1 aromatic rings. The van der Waals surface area contributed by atoms with E-state index >= 15 is 0 Å². The molecule has 12 heavy (non-hydrogen) atoms. The summed E-state index contributed by atoms with van der Waals surface area (Å²) in [5, 5.41) is 9.54. The average Bonchev–Trinajstić information content (AvgIpc) is 2.35. The van der Waals surface area contributed by atoms with Gasteiger partial charge in [-0.3, -0.25) is 4.79 Å². The van der Waals surface area contributed by atoms with Gasteiger partial charge in [0, 0.05) is 12.0 Å². The van der Waals surface area contributed by atoms with Gasteiger partial charge in [0.2, 0.25) is 0 Å². The van der Waals surface area contributed by atoms with Gasteiger partial charge in [-0.15, -0.1) is 0 Å². The van der Waals surface area contributed by atoms with Crippen LogP contribution in [0.15, 0.2) is 12.1 Å². The lowest BCUT2D eigenvalue weighted by Crippen LogP contribution is -1.90. The molecule has 0 aromatic heterocycles. The van der Waals surface area contributed by atoms with Crippen molar-refractivity contribution >= 4 is 17.4 Å². The summed E-state index contributed by atoms with van der Waals surface area (Å²) in [4.78, 5) is 11.2. The molecule has 2 nitrogen and oxygen atoms in total. The van der Waals surface area contributed by atoms with Crippen LogP contribution >= 0.6 is 11.6 Å². The fourth-order valence-corrected chi connectivity index (χ4v) is 1.64. The molecule has 0 heterocycles. The van der Waals surface area contributed by atoms with Gasteiger partial charge >= 0.3 is 0 Å². The molecule has 2 rings (SSSR count). The molecule has 1 aliphatic rings. The van der Waals surface area contributed by atoms with Crippen LogP contribution in [0.2, 0.25) is 5.02 Å². The summed E-state index contributed by atoms with van der Waals surface area (Å²) in [6.45, 7) is 0. The number of halogens is 1. The van der Waals surface area contributed by atoms with Crippen LogP contribution in [0, 0.1) is 0 Å². The van der Waals surface area contributed by atoms with Crippen LogP contribution in [0.1, 0.15) is 22.3 Å². The van der Waals surface area contributed by atoms with E-state index in [2.05, 4.69) is 0 Å². The van der Waals surface area contributed by atoms with E-state index in [1.54, 1.807) is 6.07 Å². The Balaban J connectivity index is 2.63. The van der Waals surface area contributed by atoms with Crippen molar-refractivity contribution in [2.45, 2.75) is 12.8 Å². The van der Waals surface area contributed by atoms with E-state index in [-0.39, 0.29) is 11.5 Å². The van der Waals surface area contributed by atoms with Gasteiger partial charge in [-0.05, 0) is 24.1 Å². The van der Waals surface area contributed by atoms with Crippen LogP contribution in [-0.4, -0.2) is 10.9 Å². The molecule has 0 spiro atoms. The van der Waals surface area contributed by atoms with E-state index in [9.17, 15) is 9.90 Å². The fraction of sp³-hybridized carbons (Fsp3) is 0.222. The molecule has 3 heteroatoms. The Morgan fingerprint density at radius 2 is 2.08 bits per heavy atom. The first-order chi connectivity index (χ1) is 5.68. The van der Waals surface area contributed by atoms with Crippen molar-refractivity contribution < 1.29 is 9.90 Å². The quantitative estimate of drug-likeness (QED) is 0.668. The molecule has 1 N–H and O–H groups in total. The number of carbonyl (C=O) groups excluding carboxylic acids is 1. The second kappa shape index (κ2) is 2.49. The monoisotopic (exact) mass is 182 g/mol. The highest BCUT2D eigenvalue weighted by atomic mass is 35.5. The normalized spacial score (nSPS) is 14.9. The Labute approximate surface area is 74.8 Å². The topological polar surface area (TPSA) is 37.3 Å². The molecular formula is C9H7ClO2. The van der Waals surface area contributed by atoms with Gasteiger partial charge in [0.1, 0.15) is 5.75 Å². The molecular weight excluding hydrogens is 176 g/mol. The third-order valence-electron chi connectivity index (χ3n) is 2.09. The molecule has 1 aliphatic carbocycles. The summed E-state index contributed by atoms with van der Waals surface area (Å²) < 4.78 is 0. The molecule has 62 valence electrons. The number of ketones is 1. The smallest absolute Gasteiger partial charge is 0.163 e. The van der Waals surface area contributed by atoms with E-state index in [0.29, 0.717) is 17.0 Å². The lowest BCUT2D eigenvalue weighted by molar-refractivity contribution is 0.0994. The Kier molecular flexibility index (Phi) is 1.58. The zero-order valence-electron chi connectivity index (χ0n) is 6.30. The number of rotatable bonds is 0. The number of phenols is 1. The minimum atomic E-state index is -0.00864. The van der Waals surface area contributed by atoms with Crippen molar-refractivity contribution in [2.75, 3.05) is 0 Å². The zero-order valence-corrected chi connectivity index (χ0v) is 7.06. The lowest BCUT2D eigenvalue weighted by atomic mass is 10.1. The molecule has 0 radical (unpaired) electrons. The molecule has 0 saturated heterocycles. The van der Waals surface area contributed by atoms with Gasteiger partial charge < -0.3 is 5.11 Å². The first-order valence-corrected chi connectivity index (χ1v) is 4.11. The number of fused-ring (bicyclic) bond motifs is 1. The third kappa shape index (κ3) is 0.994. The van der Waals surface area contributed by atoms with Crippen LogP contribution in [0.3, 0.4) is 0 Å². The lowest BCUT2D eigenvalue weighted by Gasteiger charge is -2.00. The first kappa shape index (κ1) is 7.62. The highest BCUT2D eigenvalue weighted by Gasteiger charge is 2.20. The molecule has 0 aliphatic heterocycles. The number of phenolic OH excluding ortho intramolecular Hbond substituents is 1. The van der Waals surface area contributed by atoms with Crippen LogP contribution in [0.25, 0.3) is 0 Å². The van der Waals surface area contributed by atoms with Gasteiger partial charge in [0.05, 0.1) is 5.02 Å². The highest BCUT2D eigenvalue weighted by Crippen LogP contribution is 2.31. The number of aromatic hydroxyl groups is 1. The molecule has 0 atom stereocenters. The third-order valence-corrected chi connectivity index (χ3v) is 2.40. The number of Topliss-reactive ketones (excluding diaryl/α,β-unsaturated/α-hetero) is 1. The molecule has 0 unspecified atom stereocenters. The molecule has 0 fully saturated rings. The highest BCUT2D eigenvalue weighted by molar-refractivity contribution is 6.32. The van der Waals surface area contributed by atoms with Crippen molar-refractivity contribution in [1.82, 2.24) is 0 Å². The molecule has 1 aromatic carbocycles. The Hall–Kier alpha value is -1.02. The number of benzene rings is 1. The largest absolute Gasteiger partial charge is 0.506 e. The number of carbonyl (C=O) groups is 1.